The first kappa shape index (κ1) is 16.6. The highest BCUT2D eigenvalue weighted by Crippen LogP contribution is 2.13. The molecule has 0 unspecified atom stereocenters. The van der Waals surface area contributed by atoms with E-state index < -0.39 is 0 Å². The molecule has 0 fully saturated rings. The number of nitrogens with zero attached hydrogens (tertiary/aromatic N) is 2. The summed E-state index contributed by atoms with van der Waals surface area (Å²) in [6.45, 7) is 8.69. The molecule has 0 aliphatic carbocycles. The molecule has 4 heteroatoms. The summed E-state index contributed by atoms with van der Waals surface area (Å²) in [4.78, 5) is 8.81. The van der Waals surface area contributed by atoms with Crippen LogP contribution in [0.25, 0.3) is 0 Å². The molecule has 0 aromatic carbocycles. The van der Waals surface area contributed by atoms with Crippen molar-refractivity contribution in [2.45, 2.75) is 51.9 Å². The van der Waals surface area contributed by atoms with E-state index in [1.54, 1.807) is 0 Å². The molecule has 0 amide bonds. The number of nitrogens with one attached hydrogen (secondary N) is 2. The molecule has 4 atom stereocenters. The molecule has 118 valence electrons. The quantitative estimate of drug-likeness (QED) is 0.824. The standard InChI is InChI=1S/C18H26N4/c1-13(21-15(3)17-9-5-7-11-19-17)14(2)22-16(4)18-10-6-8-12-20-18/h5-16,21-22H,1-4H3/t13-,14+,15-,16-/m0/s1. The lowest BCUT2D eigenvalue weighted by atomic mass is 10.1. The molecule has 2 heterocycles. The van der Waals surface area contributed by atoms with Crippen molar-refractivity contribution in [1.29, 1.82) is 0 Å². The molecule has 0 radical (unpaired) electrons. The van der Waals surface area contributed by atoms with Gasteiger partial charge < -0.3 is 10.6 Å². The van der Waals surface area contributed by atoms with E-state index in [0.717, 1.165) is 11.4 Å². The number of pyridine rings is 2. The fraction of sp³-hybridized carbons (Fsp3) is 0.444. The summed E-state index contributed by atoms with van der Waals surface area (Å²) in [5.41, 5.74) is 2.14. The average molecular weight is 298 g/mol. The van der Waals surface area contributed by atoms with E-state index in [1.807, 2.05) is 36.7 Å². The molecule has 0 saturated heterocycles. The van der Waals surface area contributed by atoms with Crippen LogP contribution in [0.5, 0.6) is 0 Å². The van der Waals surface area contributed by atoms with Crippen molar-refractivity contribution in [3.05, 3.63) is 60.2 Å². The summed E-state index contributed by atoms with van der Waals surface area (Å²) in [5, 5.41) is 7.21. The normalized spacial score (nSPS) is 16.7. The van der Waals surface area contributed by atoms with E-state index in [1.165, 1.54) is 0 Å². The van der Waals surface area contributed by atoms with Gasteiger partial charge in [0.25, 0.3) is 0 Å². The van der Waals surface area contributed by atoms with Crippen LogP contribution >= 0.6 is 0 Å². The Hall–Kier alpha value is -1.78. The Morgan fingerprint density at radius 3 is 1.41 bits per heavy atom. The first-order valence-electron chi connectivity index (χ1n) is 7.92. The second kappa shape index (κ2) is 8.01. The van der Waals surface area contributed by atoms with Gasteiger partial charge in [-0.3, -0.25) is 9.97 Å². The highest BCUT2D eigenvalue weighted by Gasteiger charge is 2.18. The minimum Gasteiger partial charge on any atom is -0.305 e. The molecule has 22 heavy (non-hydrogen) atoms. The third-order valence-corrected chi connectivity index (χ3v) is 4.04. The largest absolute Gasteiger partial charge is 0.305 e. The molecular weight excluding hydrogens is 272 g/mol. The zero-order chi connectivity index (χ0) is 15.9. The van der Waals surface area contributed by atoms with Crippen molar-refractivity contribution < 1.29 is 0 Å². The Bertz CT molecular complexity index is 492. The molecule has 0 bridgehead atoms. The predicted octanol–water partition coefficient (Wildman–Crippen LogP) is 3.26. The van der Waals surface area contributed by atoms with Gasteiger partial charge >= 0.3 is 0 Å². The minimum absolute atomic E-state index is 0.227. The number of aromatic nitrogens is 2. The van der Waals surface area contributed by atoms with Crippen LogP contribution in [0.4, 0.5) is 0 Å². The highest BCUT2D eigenvalue weighted by molar-refractivity contribution is 5.09. The van der Waals surface area contributed by atoms with Crippen LogP contribution in [-0.2, 0) is 0 Å². The fourth-order valence-corrected chi connectivity index (χ4v) is 2.51. The molecule has 0 spiro atoms. The molecular formula is C18H26N4. The lowest BCUT2D eigenvalue weighted by Gasteiger charge is -2.28. The maximum absolute atomic E-state index is 4.41. The van der Waals surface area contributed by atoms with Crippen molar-refractivity contribution in [1.82, 2.24) is 20.6 Å². The molecule has 2 rings (SSSR count). The highest BCUT2D eigenvalue weighted by atomic mass is 15.1. The van der Waals surface area contributed by atoms with E-state index >= 15 is 0 Å². The minimum atomic E-state index is 0.227. The summed E-state index contributed by atoms with van der Waals surface area (Å²) < 4.78 is 0. The van der Waals surface area contributed by atoms with E-state index in [-0.39, 0.29) is 12.1 Å². The van der Waals surface area contributed by atoms with Crippen molar-refractivity contribution in [3.63, 3.8) is 0 Å². The van der Waals surface area contributed by atoms with Gasteiger partial charge in [0, 0.05) is 36.6 Å². The second-order valence-electron chi connectivity index (χ2n) is 5.86. The SMILES string of the molecule is C[C@H](N[C@@H](C)[C@@H](C)N[C@@H](C)c1ccccn1)c1ccccn1. The summed E-state index contributed by atoms with van der Waals surface area (Å²) in [6, 6.07) is 13.1. The Morgan fingerprint density at radius 1 is 0.682 bits per heavy atom. The maximum atomic E-state index is 4.41. The Kier molecular flexibility index (Phi) is 6.04. The van der Waals surface area contributed by atoms with Crippen LogP contribution in [0.3, 0.4) is 0 Å². The predicted molar refractivity (Wildman–Crippen MR) is 90.5 cm³/mol. The monoisotopic (exact) mass is 298 g/mol. The first-order valence-corrected chi connectivity index (χ1v) is 7.92. The molecule has 2 aromatic rings. The van der Waals surface area contributed by atoms with Gasteiger partial charge in [-0.25, -0.2) is 0 Å². The zero-order valence-corrected chi connectivity index (χ0v) is 13.8. The van der Waals surface area contributed by atoms with Gasteiger partial charge in [0.05, 0.1) is 11.4 Å². The average Bonchev–Trinajstić information content (AvgIpc) is 2.56. The fourth-order valence-electron chi connectivity index (χ4n) is 2.51. The Labute approximate surface area is 133 Å². The van der Waals surface area contributed by atoms with Crippen LogP contribution in [-0.4, -0.2) is 22.1 Å². The molecule has 0 aliphatic rings. The molecule has 0 saturated carbocycles. The Morgan fingerprint density at radius 2 is 1.09 bits per heavy atom. The lowest BCUT2D eigenvalue weighted by molar-refractivity contribution is 0.351. The van der Waals surface area contributed by atoms with Crippen molar-refractivity contribution >= 4 is 0 Å². The van der Waals surface area contributed by atoms with Crippen LogP contribution in [0.1, 0.15) is 51.2 Å². The third-order valence-electron chi connectivity index (χ3n) is 4.04. The van der Waals surface area contributed by atoms with E-state index in [0.29, 0.717) is 12.1 Å². The van der Waals surface area contributed by atoms with Gasteiger partial charge in [-0.15, -0.1) is 0 Å². The van der Waals surface area contributed by atoms with Crippen molar-refractivity contribution in [3.8, 4) is 0 Å². The van der Waals surface area contributed by atoms with Gasteiger partial charge in [-0.1, -0.05) is 12.1 Å². The van der Waals surface area contributed by atoms with Crippen LogP contribution in [0.15, 0.2) is 48.8 Å². The number of hydrogen-bond donors (Lipinski definition) is 2. The van der Waals surface area contributed by atoms with Gasteiger partial charge in [0.2, 0.25) is 0 Å². The summed E-state index contributed by atoms with van der Waals surface area (Å²) in [7, 11) is 0. The molecule has 2 N–H and O–H groups in total. The first-order chi connectivity index (χ1) is 10.6. The van der Waals surface area contributed by atoms with E-state index in [2.05, 4.69) is 60.4 Å². The number of hydrogen-bond acceptors (Lipinski definition) is 4. The van der Waals surface area contributed by atoms with Crippen LogP contribution < -0.4 is 10.6 Å². The zero-order valence-electron chi connectivity index (χ0n) is 13.8. The smallest absolute Gasteiger partial charge is 0.0570 e. The Balaban J connectivity index is 1.88. The van der Waals surface area contributed by atoms with Gasteiger partial charge in [-0.05, 0) is 52.0 Å². The van der Waals surface area contributed by atoms with Gasteiger partial charge in [0.1, 0.15) is 0 Å². The molecule has 4 nitrogen and oxygen atoms in total. The maximum Gasteiger partial charge on any atom is 0.0570 e. The molecule has 2 aromatic heterocycles. The number of rotatable bonds is 7. The molecule has 0 aliphatic heterocycles. The van der Waals surface area contributed by atoms with Crippen molar-refractivity contribution in [2.24, 2.45) is 0 Å². The van der Waals surface area contributed by atoms with Gasteiger partial charge in [0.15, 0.2) is 0 Å². The second-order valence-corrected chi connectivity index (χ2v) is 5.86. The lowest BCUT2D eigenvalue weighted by Crippen LogP contribution is -2.46. The van der Waals surface area contributed by atoms with Gasteiger partial charge in [-0.2, -0.15) is 0 Å². The third kappa shape index (κ3) is 4.61. The van der Waals surface area contributed by atoms with Crippen LogP contribution in [0, 0.1) is 0 Å². The van der Waals surface area contributed by atoms with E-state index in [4.69, 9.17) is 0 Å². The topological polar surface area (TPSA) is 49.8 Å². The summed E-state index contributed by atoms with van der Waals surface area (Å²) in [5.74, 6) is 0. The summed E-state index contributed by atoms with van der Waals surface area (Å²) >= 11 is 0. The van der Waals surface area contributed by atoms with Crippen molar-refractivity contribution in [2.75, 3.05) is 0 Å². The van der Waals surface area contributed by atoms with E-state index in [9.17, 15) is 0 Å². The summed E-state index contributed by atoms with van der Waals surface area (Å²) in [6.07, 6.45) is 3.67. The van der Waals surface area contributed by atoms with Crippen LogP contribution in [0.2, 0.25) is 0 Å².